The van der Waals surface area contributed by atoms with E-state index in [1.165, 1.54) is 0 Å². The fourth-order valence-electron chi connectivity index (χ4n) is 0.947. The van der Waals surface area contributed by atoms with Crippen LogP contribution in [-0.2, 0) is 0 Å². The fourth-order valence-corrected chi connectivity index (χ4v) is 0.947. The van der Waals surface area contributed by atoms with Crippen LogP contribution in [0.4, 0.5) is 0 Å². The molecule has 1 rings (SSSR count). The molecule has 0 aliphatic heterocycles. The minimum Gasteiger partial charge on any atom is -0.423 e. The molecular formula is C8H11BO3. The number of hydrogen-bond donors (Lipinski definition) is 3. The van der Waals surface area contributed by atoms with Crippen LogP contribution in [0.3, 0.4) is 0 Å². The van der Waals surface area contributed by atoms with Gasteiger partial charge in [-0.15, -0.1) is 0 Å². The zero-order valence-electron chi connectivity index (χ0n) is 6.81. The summed E-state index contributed by atoms with van der Waals surface area (Å²) >= 11 is 0. The summed E-state index contributed by atoms with van der Waals surface area (Å²) in [5.41, 5.74) is 1.19. The van der Waals surface area contributed by atoms with Crippen LogP contribution in [-0.4, -0.2) is 22.3 Å². The zero-order chi connectivity index (χ0) is 9.14. The molecule has 3 nitrogen and oxygen atoms in total. The first kappa shape index (κ1) is 9.25. The second-order valence-corrected chi connectivity index (χ2v) is 2.72. The Balaban J connectivity index is 2.86. The molecular weight excluding hydrogens is 155 g/mol. The Morgan fingerprint density at radius 3 is 2.00 bits per heavy atom. The van der Waals surface area contributed by atoms with Gasteiger partial charge in [0.05, 0.1) is 6.10 Å². The molecule has 0 heterocycles. The monoisotopic (exact) mass is 166 g/mol. The number of aliphatic hydroxyl groups excluding tert-OH is 1. The first-order valence-electron chi connectivity index (χ1n) is 3.75. The fraction of sp³-hybridized carbons (Fsp3) is 0.250. The molecule has 3 N–H and O–H groups in total. The van der Waals surface area contributed by atoms with E-state index in [4.69, 9.17) is 15.2 Å². The second-order valence-electron chi connectivity index (χ2n) is 2.72. The molecule has 1 aromatic rings. The normalized spacial score (nSPS) is 12.7. The first-order valence-corrected chi connectivity index (χ1v) is 3.75. The van der Waals surface area contributed by atoms with Gasteiger partial charge in [0, 0.05) is 0 Å². The molecule has 0 bridgehead atoms. The van der Waals surface area contributed by atoms with E-state index in [0.717, 1.165) is 5.56 Å². The summed E-state index contributed by atoms with van der Waals surface area (Å²) in [5, 5.41) is 26.6. The van der Waals surface area contributed by atoms with E-state index in [2.05, 4.69) is 0 Å². The van der Waals surface area contributed by atoms with E-state index in [-0.39, 0.29) is 0 Å². The lowest BCUT2D eigenvalue weighted by atomic mass is 9.80. The van der Waals surface area contributed by atoms with E-state index in [9.17, 15) is 0 Å². The topological polar surface area (TPSA) is 60.7 Å². The Bertz CT molecular complexity index is 216. The zero-order valence-corrected chi connectivity index (χ0v) is 6.81. The van der Waals surface area contributed by atoms with E-state index in [1.807, 2.05) is 0 Å². The van der Waals surface area contributed by atoms with Crippen LogP contribution in [0, 0.1) is 0 Å². The molecule has 0 radical (unpaired) electrons. The maximum atomic E-state index is 9.13. The third-order valence-corrected chi connectivity index (χ3v) is 1.72. The van der Waals surface area contributed by atoms with Crippen molar-refractivity contribution in [3.63, 3.8) is 0 Å². The van der Waals surface area contributed by atoms with Crippen molar-refractivity contribution in [1.29, 1.82) is 0 Å². The van der Waals surface area contributed by atoms with Gasteiger partial charge in [0.2, 0.25) is 0 Å². The lowest BCUT2D eigenvalue weighted by Crippen LogP contribution is -2.29. The molecule has 4 heteroatoms. The molecule has 0 unspecified atom stereocenters. The highest BCUT2D eigenvalue weighted by atomic mass is 16.4. The highest BCUT2D eigenvalue weighted by Crippen LogP contribution is 2.08. The number of rotatable bonds is 2. The van der Waals surface area contributed by atoms with Crippen molar-refractivity contribution in [2.75, 3.05) is 0 Å². The third-order valence-electron chi connectivity index (χ3n) is 1.72. The number of aliphatic hydroxyl groups is 1. The molecule has 0 aromatic heterocycles. The summed E-state index contributed by atoms with van der Waals surface area (Å²) in [6.07, 6.45) is -0.519. The van der Waals surface area contributed by atoms with Crippen molar-refractivity contribution in [1.82, 2.24) is 0 Å². The van der Waals surface area contributed by atoms with Gasteiger partial charge in [0.1, 0.15) is 0 Å². The van der Waals surface area contributed by atoms with E-state index in [1.54, 1.807) is 31.2 Å². The van der Waals surface area contributed by atoms with E-state index < -0.39 is 13.2 Å². The largest absolute Gasteiger partial charge is 0.488 e. The molecule has 0 saturated heterocycles. The lowest BCUT2D eigenvalue weighted by Gasteiger charge is -2.05. The predicted molar refractivity (Wildman–Crippen MR) is 46.9 cm³/mol. The average Bonchev–Trinajstić information content (AvgIpc) is 2.04. The maximum absolute atomic E-state index is 9.13. The van der Waals surface area contributed by atoms with Crippen LogP contribution in [0.2, 0.25) is 0 Å². The SMILES string of the molecule is C[C@@H](O)c1ccc(B(O)O)cc1. The summed E-state index contributed by atoms with van der Waals surface area (Å²) in [6, 6.07) is 6.48. The van der Waals surface area contributed by atoms with Crippen molar-refractivity contribution >= 4 is 12.6 Å². The van der Waals surface area contributed by atoms with Crippen LogP contribution >= 0.6 is 0 Å². The molecule has 12 heavy (non-hydrogen) atoms. The molecule has 1 atom stereocenters. The minimum atomic E-state index is -1.44. The van der Waals surface area contributed by atoms with Gasteiger partial charge >= 0.3 is 7.12 Å². The number of hydrogen-bond acceptors (Lipinski definition) is 3. The van der Waals surface area contributed by atoms with Gasteiger partial charge in [-0.2, -0.15) is 0 Å². The summed E-state index contributed by atoms with van der Waals surface area (Å²) in [7, 11) is -1.44. The maximum Gasteiger partial charge on any atom is 0.488 e. The Hall–Kier alpha value is -0.835. The molecule has 64 valence electrons. The summed E-state index contributed by atoms with van der Waals surface area (Å²) in [6.45, 7) is 1.66. The predicted octanol–water partition coefficient (Wildman–Crippen LogP) is -0.580. The Morgan fingerprint density at radius 1 is 1.17 bits per heavy atom. The Kier molecular flexibility index (Phi) is 2.86. The van der Waals surface area contributed by atoms with Gasteiger partial charge in [-0.3, -0.25) is 0 Å². The van der Waals surface area contributed by atoms with Crippen LogP contribution in [0.15, 0.2) is 24.3 Å². The second kappa shape index (κ2) is 3.71. The van der Waals surface area contributed by atoms with Gasteiger partial charge < -0.3 is 15.2 Å². The summed E-state index contributed by atoms with van der Waals surface area (Å²) < 4.78 is 0. The molecule has 1 aromatic carbocycles. The van der Waals surface area contributed by atoms with Gasteiger partial charge in [0.15, 0.2) is 0 Å². The highest BCUT2D eigenvalue weighted by molar-refractivity contribution is 6.58. The Morgan fingerprint density at radius 2 is 1.67 bits per heavy atom. The smallest absolute Gasteiger partial charge is 0.423 e. The third kappa shape index (κ3) is 2.07. The van der Waals surface area contributed by atoms with Gasteiger partial charge in [-0.05, 0) is 17.9 Å². The highest BCUT2D eigenvalue weighted by Gasteiger charge is 2.10. The van der Waals surface area contributed by atoms with E-state index in [0.29, 0.717) is 5.46 Å². The lowest BCUT2D eigenvalue weighted by molar-refractivity contribution is 0.199. The quantitative estimate of drug-likeness (QED) is 0.515. The Labute approximate surface area is 71.4 Å². The van der Waals surface area contributed by atoms with Crippen LogP contribution < -0.4 is 5.46 Å². The molecule has 0 aliphatic carbocycles. The minimum absolute atomic E-state index is 0.430. The van der Waals surface area contributed by atoms with Crippen molar-refractivity contribution in [3.8, 4) is 0 Å². The molecule has 0 fully saturated rings. The first-order chi connectivity index (χ1) is 5.61. The van der Waals surface area contributed by atoms with Crippen molar-refractivity contribution in [2.45, 2.75) is 13.0 Å². The van der Waals surface area contributed by atoms with Crippen molar-refractivity contribution in [3.05, 3.63) is 29.8 Å². The van der Waals surface area contributed by atoms with Crippen molar-refractivity contribution < 1.29 is 15.2 Å². The van der Waals surface area contributed by atoms with Gasteiger partial charge in [-0.25, -0.2) is 0 Å². The van der Waals surface area contributed by atoms with Crippen molar-refractivity contribution in [2.24, 2.45) is 0 Å². The van der Waals surface area contributed by atoms with Crippen LogP contribution in [0.1, 0.15) is 18.6 Å². The molecule has 0 amide bonds. The van der Waals surface area contributed by atoms with Crippen LogP contribution in [0.5, 0.6) is 0 Å². The standard InChI is InChI=1S/C8H11BO3/c1-6(10)7-2-4-8(5-3-7)9(11)12/h2-6,10-12H,1H3/t6-/m1/s1. The molecule has 0 saturated carbocycles. The van der Waals surface area contributed by atoms with Gasteiger partial charge in [-0.1, -0.05) is 24.3 Å². The molecule has 0 aliphatic rings. The number of benzene rings is 1. The van der Waals surface area contributed by atoms with Gasteiger partial charge in [0.25, 0.3) is 0 Å². The van der Waals surface area contributed by atoms with E-state index >= 15 is 0 Å². The summed E-state index contributed by atoms with van der Waals surface area (Å²) in [5.74, 6) is 0. The summed E-state index contributed by atoms with van der Waals surface area (Å²) in [4.78, 5) is 0. The van der Waals surface area contributed by atoms with Crippen LogP contribution in [0.25, 0.3) is 0 Å². The average molecular weight is 166 g/mol. The molecule has 0 spiro atoms.